The van der Waals surface area contributed by atoms with Crippen LogP contribution in [0.5, 0.6) is 0 Å². The Balaban J connectivity index is 3.36. The third kappa shape index (κ3) is 2.56. The van der Waals surface area contributed by atoms with Crippen molar-refractivity contribution in [1.82, 2.24) is 0 Å². The lowest BCUT2D eigenvalue weighted by atomic mass is 10.3. The summed E-state index contributed by atoms with van der Waals surface area (Å²) in [5.41, 5.74) is 4.21. The first-order valence-corrected chi connectivity index (χ1v) is 2.04. The standard InChI is InChI=1S/C4H10NO2/c1-4(5,3-6)7-2/h3,5H2,1-2H3. The van der Waals surface area contributed by atoms with Gasteiger partial charge in [0.2, 0.25) is 0 Å². The molecule has 0 heterocycles. The van der Waals surface area contributed by atoms with E-state index in [1.54, 1.807) is 6.92 Å². The second-order valence-electron chi connectivity index (χ2n) is 1.66. The van der Waals surface area contributed by atoms with Crippen molar-refractivity contribution in [3.8, 4) is 0 Å². The van der Waals surface area contributed by atoms with Gasteiger partial charge < -0.3 is 10.5 Å². The molecule has 2 N–H and O–H groups in total. The molecule has 0 aromatic rings. The van der Waals surface area contributed by atoms with Crippen molar-refractivity contribution >= 4 is 0 Å². The van der Waals surface area contributed by atoms with Crippen LogP contribution in [-0.4, -0.2) is 19.4 Å². The molecule has 0 bridgehead atoms. The summed E-state index contributed by atoms with van der Waals surface area (Å²) >= 11 is 0. The number of nitrogens with two attached hydrogens (primary N) is 1. The average Bonchev–Trinajstić information content (AvgIpc) is 1.68. The zero-order valence-corrected chi connectivity index (χ0v) is 4.60. The maximum Gasteiger partial charge on any atom is 0.140 e. The van der Waals surface area contributed by atoms with Crippen LogP contribution in [0.4, 0.5) is 0 Å². The zero-order chi connectivity index (χ0) is 5.91. The van der Waals surface area contributed by atoms with Crippen molar-refractivity contribution < 1.29 is 9.84 Å². The molecule has 0 saturated carbocycles. The fourth-order valence-corrected chi connectivity index (χ4v) is 0.0589. The van der Waals surface area contributed by atoms with Crippen molar-refractivity contribution in [2.75, 3.05) is 13.7 Å². The normalized spacial score (nSPS) is 18.9. The molecule has 0 fully saturated rings. The first-order valence-electron chi connectivity index (χ1n) is 2.04. The Morgan fingerprint density at radius 2 is 2.29 bits per heavy atom. The van der Waals surface area contributed by atoms with Crippen molar-refractivity contribution in [2.24, 2.45) is 5.73 Å². The number of hydrogen-bond acceptors (Lipinski definition) is 2. The van der Waals surface area contributed by atoms with Gasteiger partial charge in [-0.25, -0.2) is 5.11 Å². The van der Waals surface area contributed by atoms with Gasteiger partial charge in [-0.1, -0.05) is 0 Å². The van der Waals surface area contributed by atoms with Crippen molar-refractivity contribution in [1.29, 1.82) is 0 Å². The minimum Gasteiger partial charge on any atom is -0.362 e. The van der Waals surface area contributed by atoms with Gasteiger partial charge in [-0.2, -0.15) is 0 Å². The highest BCUT2D eigenvalue weighted by Crippen LogP contribution is 1.94. The highest BCUT2D eigenvalue weighted by atomic mass is 16.5. The molecule has 0 saturated heterocycles. The summed E-state index contributed by atoms with van der Waals surface area (Å²) in [6.45, 7) is 1.14. The first-order chi connectivity index (χ1) is 3.12. The van der Waals surface area contributed by atoms with E-state index in [1.807, 2.05) is 0 Å². The summed E-state index contributed by atoms with van der Waals surface area (Å²) in [7, 11) is 1.41. The molecule has 3 heteroatoms. The van der Waals surface area contributed by atoms with Crippen LogP contribution in [-0.2, 0) is 9.84 Å². The summed E-state index contributed by atoms with van der Waals surface area (Å²) in [4.78, 5) is 0. The van der Waals surface area contributed by atoms with E-state index in [4.69, 9.17) is 5.73 Å². The molecule has 0 aromatic carbocycles. The second-order valence-corrected chi connectivity index (χ2v) is 1.66. The number of rotatable bonds is 2. The van der Waals surface area contributed by atoms with Gasteiger partial charge in [-0.3, -0.25) is 0 Å². The fourth-order valence-electron chi connectivity index (χ4n) is 0.0589. The summed E-state index contributed by atoms with van der Waals surface area (Å²) in [6, 6.07) is 0. The van der Waals surface area contributed by atoms with Crippen LogP contribution in [0, 0.1) is 0 Å². The molecule has 0 rings (SSSR count). The maximum absolute atomic E-state index is 9.93. The molecule has 0 amide bonds. The van der Waals surface area contributed by atoms with E-state index in [1.165, 1.54) is 7.11 Å². The summed E-state index contributed by atoms with van der Waals surface area (Å²) in [5.74, 6) is 0. The second kappa shape index (κ2) is 2.26. The van der Waals surface area contributed by atoms with Crippen LogP contribution in [0.1, 0.15) is 6.92 Å². The monoisotopic (exact) mass is 104 g/mol. The molecule has 1 unspecified atom stereocenters. The Bertz CT molecular complexity index is 47.7. The molecule has 0 spiro atoms. The molecule has 0 aromatic heterocycles. The van der Waals surface area contributed by atoms with Crippen molar-refractivity contribution in [3.63, 3.8) is 0 Å². The molecule has 0 aliphatic rings. The minimum absolute atomic E-state index is 0.399. The van der Waals surface area contributed by atoms with Crippen LogP contribution in [0.3, 0.4) is 0 Å². The maximum atomic E-state index is 9.93. The smallest absolute Gasteiger partial charge is 0.140 e. The lowest BCUT2D eigenvalue weighted by molar-refractivity contribution is -0.0536. The molecule has 43 valence electrons. The van der Waals surface area contributed by atoms with E-state index in [-0.39, 0.29) is 0 Å². The van der Waals surface area contributed by atoms with E-state index in [9.17, 15) is 5.11 Å². The van der Waals surface area contributed by atoms with Crippen LogP contribution < -0.4 is 5.73 Å². The predicted molar refractivity (Wildman–Crippen MR) is 25.2 cm³/mol. The first kappa shape index (κ1) is 6.88. The van der Waals surface area contributed by atoms with E-state index >= 15 is 0 Å². The van der Waals surface area contributed by atoms with Crippen LogP contribution in [0.2, 0.25) is 0 Å². The summed E-state index contributed by atoms with van der Waals surface area (Å²) < 4.78 is 4.55. The Labute approximate surface area is 43.1 Å². The van der Waals surface area contributed by atoms with Gasteiger partial charge in [0.15, 0.2) is 0 Å². The highest BCUT2D eigenvalue weighted by Gasteiger charge is 2.14. The SMILES string of the molecule is COC(C)(N)C[O]. The van der Waals surface area contributed by atoms with Gasteiger partial charge in [0.1, 0.15) is 12.3 Å². The van der Waals surface area contributed by atoms with Gasteiger partial charge in [0.05, 0.1) is 0 Å². The lowest BCUT2D eigenvalue weighted by Crippen LogP contribution is -2.41. The minimum atomic E-state index is -0.972. The lowest BCUT2D eigenvalue weighted by Gasteiger charge is -2.17. The Morgan fingerprint density at radius 1 is 1.86 bits per heavy atom. The van der Waals surface area contributed by atoms with Gasteiger partial charge >= 0.3 is 0 Å². The molecular formula is C4H10NO2. The molecular weight excluding hydrogens is 94.0 g/mol. The third-order valence-corrected chi connectivity index (χ3v) is 0.753. The highest BCUT2D eigenvalue weighted by molar-refractivity contribution is 4.60. The van der Waals surface area contributed by atoms with Gasteiger partial charge in [0.25, 0.3) is 0 Å². The third-order valence-electron chi connectivity index (χ3n) is 0.753. The Morgan fingerprint density at radius 3 is 2.29 bits per heavy atom. The molecule has 0 aliphatic heterocycles. The fraction of sp³-hybridized carbons (Fsp3) is 1.00. The van der Waals surface area contributed by atoms with Crippen LogP contribution in [0.15, 0.2) is 0 Å². The van der Waals surface area contributed by atoms with Gasteiger partial charge in [0, 0.05) is 7.11 Å². The van der Waals surface area contributed by atoms with Crippen molar-refractivity contribution in [3.05, 3.63) is 0 Å². The van der Waals surface area contributed by atoms with E-state index < -0.39 is 12.3 Å². The van der Waals surface area contributed by atoms with E-state index in [0.717, 1.165) is 0 Å². The molecule has 7 heavy (non-hydrogen) atoms. The van der Waals surface area contributed by atoms with E-state index in [0.29, 0.717) is 0 Å². The topological polar surface area (TPSA) is 55.1 Å². The summed E-state index contributed by atoms with van der Waals surface area (Å²) in [5, 5.41) is 9.93. The molecule has 0 aliphatic carbocycles. The number of methoxy groups -OCH3 is 1. The Kier molecular flexibility index (Phi) is 2.22. The summed E-state index contributed by atoms with van der Waals surface area (Å²) in [6.07, 6.45) is 0. The average molecular weight is 104 g/mol. The molecule has 3 nitrogen and oxygen atoms in total. The largest absolute Gasteiger partial charge is 0.362 e. The van der Waals surface area contributed by atoms with Crippen LogP contribution >= 0.6 is 0 Å². The Hall–Kier alpha value is -0.120. The van der Waals surface area contributed by atoms with Gasteiger partial charge in [-0.15, -0.1) is 0 Å². The number of hydrogen-bond donors (Lipinski definition) is 1. The quantitative estimate of drug-likeness (QED) is 0.490. The number of ether oxygens (including phenoxy) is 1. The predicted octanol–water partition coefficient (Wildman–Crippen LogP) is -0.262. The van der Waals surface area contributed by atoms with E-state index in [2.05, 4.69) is 4.74 Å². The van der Waals surface area contributed by atoms with Gasteiger partial charge in [-0.05, 0) is 6.92 Å². The van der Waals surface area contributed by atoms with Crippen molar-refractivity contribution in [2.45, 2.75) is 12.6 Å². The molecule has 1 radical (unpaired) electrons. The molecule has 1 atom stereocenters. The zero-order valence-electron chi connectivity index (χ0n) is 4.60. The van der Waals surface area contributed by atoms with Crippen LogP contribution in [0.25, 0.3) is 0 Å².